The maximum absolute atomic E-state index is 12.1. The predicted molar refractivity (Wildman–Crippen MR) is 132 cm³/mol. The van der Waals surface area contributed by atoms with Crippen LogP contribution in [0.3, 0.4) is 0 Å². The van der Waals surface area contributed by atoms with Crippen molar-refractivity contribution in [3.63, 3.8) is 0 Å². The number of pyridine rings is 1. The van der Waals surface area contributed by atoms with Gasteiger partial charge in [-0.2, -0.15) is 4.98 Å². The van der Waals surface area contributed by atoms with Gasteiger partial charge in [0.25, 0.3) is 5.91 Å². The van der Waals surface area contributed by atoms with Crippen molar-refractivity contribution >= 4 is 29.3 Å². The molecule has 4 heterocycles. The first kappa shape index (κ1) is 24.9. The number of amides is 2. The lowest BCUT2D eigenvalue weighted by Gasteiger charge is -2.36. The van der Waals surface area contributed by atoms with Crippen LogP contribution in [0, 0.1) is 6.92 Å². The Morgan fingerprint density at radius 2 is 1.92 bits per heavy atom. The molecule has 13 nitrogen and oxygen atoms in total. The monoisotopic (exact) mass is 497 g/mol. The standard InChI is InChI=1S/C23H31N9O4/c1-3-4-9-35-23-28-19(24)21-27-13-17(32(21)29-23)11-16-10-15(2)20(26-12-16)31-7-5-30(6-8-31)18(33)14-36-22(25)34/h10,12-13H,3-9,11,14H2,1-2H3,(H2,25,34)(H2,24,28,29). The number of hydrogen-bond donors (Lipinski definition) is 2. The molecule has 0 spiro atoms. The number of ether oxygens (including phenoxy) is 2. The number of aryl methyl sites for hydroxylation is 1. The number of imidazole rings is 1. The highest BCUT2D eigenvalue weighted by Crippen LogP contribution is 2.22. The number of primary amides is 1. The van der Waals surface area contributed by atoms with Gasteiger partial charge >= 0.3 is 12.1 Å². The van der Waals surface area contributed by atoms with Gasteiger partial charge in [-0.05, 0) is 24.5 Å². The van der Waals surface area contributed by atoms with Crippen LogP contribution >= 0.6 is 0 Å². The number of nitrogens with zero attached hydrogens (tertiary/aromatic N) is 7. The number of carbonyl (C=O) groups excluding carboxylic acids is 2. The highest BCUT2D eigenvalue weighted by Gasteiger charge is 2.23. The van der Waals surface area contributed by atoms with Gasteiger partial charge in [-0.15, -0.1) is 5.10 Å². The van der Waals surface area contributed by atoms with Crippen LogP contribution in [0.2, 0.25) is 0 Å². The smallest absolute Gasteiger partial charge is 0.405 e. The number of nitrogen functional groups attached to an aromatic ring is 1. The Kier molecular flexibility index (Phi) is 7.66. The van der Waals surface area contributed by atoms with Crippen molar-refractivity contribution in [2.24, 2.45) is 5.73 Å². The summed E-state index contributed by atoms with van der Waals surface area (Å²) in [6, 6.07) is 2.32. The van der Waals surface area contributed by atoms with Crippen LogP contribution in [0.4, 0.5) is 16.4 Å². The summed E-state index contributed by atoms with van der Waals surface area (Å²) >= 11 is 0. The van der Waals surface area contributed by atoms with Crippen molar-refractivity contribution in [1.29, 1.82) is 0 Å². The molecule has 4 N–H and O–H groups in total. The van der Waals surface area contributed by atoms with Gasteiger partial charge < -0.3 is 30.7 Å². The maximum atomic E-state index is 12.1. The fourth-order valence-corrected chi connectivity index (χ4v) is 4.07. The molecule has 36 heavy (non-hydrogen) atoms. The first-order valence-electron chi connectivity index (χ1n) is 11.9. The van der Waals surface area contributed by atoms with E-state index in [-0.39, 0.29) is 24.3 Å². The highest BCUT2D eigenvalue weighted by molar-refractivity contribution is 5.80. The summed E-state index contributed by atoms with van der Waals surface area (Å²) in [5.74, 6) is 0.881. The van der Waals surface area contributed by atoms with Crippen molar-refractivity contribution < 1.29 is 19.1 Å². The molecule has 192 valence electrons. The number of carbonyl (C=O) groups is 2. The molecule has 1 fully saturated rings. The van der Waals surface area contributed by atoms with Gasteiger partial charge in [0.2, 0.25) is 0 Å². The van der Waals surface area contributed by atoms with Gasteiger partial charge in [-0.25, -0.2) is 19.3 Å². The average Bonchev–Trinajstić information content (AvgIpc) is 3.26. The fourth-order valence-electron chi connectivity index (χ4n) is 4.07. The van der Waals surface area contributed by atoms with Crippen LogP contribution in [0.15, 0.2) is 18.5 Å². The van der Waals surface area contributed by atoms with Gasteiger partial charge in [-0.1, -0.05) is 19.4 Å². The zero-order valence-corrected chi connectivity index (χ0v) is 20.5. The zero-order chi connectivity index (χ0) is 25.7. The quantitative estimate of drug-likeness (QED) is 0.406. The summed E-state index contributed by atoms with van der Waals surface area (Å²) in [6.45, 7) is 6.55. The van der Waals surface area contributed by atoms with Crippen LogP contribution in [0.25, 0.3) is 5.65 Å². The Morgan fingerprint density at radius 3 is 2.61 bits per heavy atom. The first-order valence-corrected chi connectivity index (χ1v) is 11.9. The van der Waals surface area contributed by atoms with E-state index in [0.717, 1.165) is 35.5 Å². The van der Waals surface area contributed by atoms with Crippen LogP contribution in [-0.4, -0.2) is 80.9 Å². The Balaban J connectivity index is 1.42. The second-order valence-electron chi connectivity index (χ2n) is 8.60. The second kappa shape index (κ2) is 11.1. The van der Waals surface area contributed by atoms with Crippen LogP contribution in [0.1, 0.15) is 36.6 Å². The summed E-state index contributed by atoms with van der Waals surface area (Å²) in [7, 11) is 0. The van der Waals surface area contributed by atoms with E-state index in [0.29, 0.717) is 44.9 Å². The minimum absolute atomic E-state index is 0.233. The molecule has 3 aromatic rings. The lowest BCUT2D eigenvalue weighted by atomic mass is 10.1. The number of rotatable bonds is 9. The van der Waals surface area contributed by atoms with Crippen LogP contribution in [0.5, 0.6) is 6.01 Å². The lowest BCUT2D eigenvalue weighted by molar-refractivity contribution is -0.134. The number of hydrogen-bond acceptors (Lipinski definition) is 10. The number of anilines is 2. The maximum Gasteiger partial charge on any atom is 0.405 e. The van der Waals surface area contributed by atoms with Gasteiger partial charge in [0.15, 0.2) is 18.1 Å². The molecule has 13 heteroatoms. The minimum Gasteiger partial charge on any atom is -0.462 e. The van der Waals surface area contributed by atoms with E-state index in [2.05, 4.69) is 37.7 Å². The van der Waals surface area contributed by atoms with Crippen LogP contribution in [-0.2, 0) is 16.0 Å². The van der Waals surface area contributed by atoms with Gasteiger partial charge in [0, 0.05) is 38.8 Å². The molecule has 4 rings (SSSR count). The molecule has 0 radical (unpaired) electrons. The zero-order valence-electron chi connectivity index (χ0n) is 20.5. The minimum atomic E-state index is -0.956. The molecule has 0 aromatic carbocycles. The Bertz CT molecular complexity index is 1240. The largest absolute Gasteiger partial charge is 0.462 e. The summed E-state index contributed by atoms with van der Waals surface area (Å²) in [6.07, 6.45) is 5.09. The van der Waals surface area contributed by atoms with Gasteiger partial charge in [0.1, 0.15) is 5.82 Å². The second-order valence-corrected chi connectivity index (χ2v) is 8.60. The van der Waals surface area contributed by atoms with E-state index in [9.17, 15) is 9.59 Å². The highest BCUT2D eigenvalue weighted by atomic mass is 16.5. The summed E-state index contributed by atoms with van der Waals surface area (Å²) in [5, 5.41) is 4.47. The molecule has 0 atom stereocenters. The number of aromatic nitrogens is 5. The molecule has 3 aromatic heterocycles. The Hall–Kier alpha value is -4.16. The molecule has 1 saturated heterocycles. The molecule has 0 unspecified atom stereocenters. The number of piperazine rings is 1. The number of unbranched alkanes of at least 4 members (excludes halogenated alkanes) is 1. The Morgan fingerprint density at radius 1 is 1.14 bits per heavy atom. The molecule has 0 aliphatic carbocycles. The lowest BCUT2D eigenvalue weighted by Crippen LogP contribution is -2.50. The van der Waals surface area contributed by atoms with E-state index in [1.165, 1.54) is 0 Å². The summed E-state index contributed by atoms with van der Waals surface area (Å²) in [4.78, 5) is 39.9. The van der Waals surface area contributed by atoms with Gasteiger partial charge in [0.05, 0.1) is 18.5 Å². The normalized spacial score (nSPS) is 13.7. The third-order valence-corrected chi connectivity index (χ3v) is 5.93. The van der Waals surface area contributed by atoms with E-state index in [1.54, 1.807) is 15.6 Å². The molecule has 0 bridgehead atoms. The molecular formula is C23H31N9O4. The summed E-state index contributed by atoms with van der Waals surface area (Å²) in [5.41, 5.74) is 14.4. The van der Waals surface area contributed by atoms with E-state index in [4.69, 9.17) is 21.2 Å². The topological polar surface area (TPSA) is 167 Å². The van der Waals surface area contributed by atoms with Crippen molar-refractivity contribution in [2.75, 3.05) is 50.0 Å². The van der Waals surface area contributed by atoms with Gasteiger partial charge in [-0.3, -0.25) is 4.79 Å². The van der Waals surface area contributed by atoms with E-state index in [1.807, 2.05) is 13.1 Å². The number of fused-ring (bicyclic) bond motifs is 1. The van der Waals surface area contributed by atoms with E-state index >= 15 is 0 Å². The predicted octanol–water partition coefficient (Wildman–Crippen LogP) is 0.924. The van der Waals surface area contributed by atoms with Crippen molar-refractivity contribution in [1.82, 2.24) is 29.5 Å². The third-order valence-electron chi connectivity index (χ3n) is 5.93. The van der Waals surface area contributed by atoms with Crippen molar-refractivity contribution in [2.45, 2.75) is 33.1 Å². The third kappa shape index (κ3) is 5.73. The molecule has 1 aliphatic heterocycles. The average molecular weight is 498 g/mol. The van der Waals surface area contributed by atoms with Crippen molar-refractivity contribution in [3.05, 3.63) is 35.3 Å². The molecular weight excluding hydrogens is 466 g/mol. The molecule has 0 saturated carbocycles. The summed E-state index contributed by atoms with van der Waals surface area (Å²) < 4.78 is 11.9. The SMILES string of the molecule is CCCCOc1nc(N)c2ncc(Cc3cnc(N4CCN(C(=O)COC(N)=O)CC4)c(C)c3)n2n1. The molecule has 1 aliphatic rings. The van der Waals surface area contributed by atoms with Crippen molar-refractivity contribution in [3.8, 4) is 6.01 Å². The van der Waals surface area contributed by atoms with E-state index < -0.39 is 6.09 Å². The number of nitrogens with two attached hydrogens (primary N) is 2. The fraction of sp³-hybridized carbons (Fsp3) is 0.478. The van der Waals surface area contributed by atoms with Crippen LogP contribution < -0.4 is 21.1 Å². The molecule has 2 amide bonds. The Labute approximate surface area is 208 Å². The first-order chi connectivity index (χ1) is 17.4.